The second-order valence-electron chi connectivity index (χ2n) is 4.22. The highest BCUT2D eigenvalue weighted by Crippen LogP contribution is 2.08. The fourth-order valence-corrected chi connectivity index (χ4v) is 1.65. The molecule has 17 heavy (non-hydrogen) atoms. The SMILES string of the molecule is Cc1cnc(NCCCOC2CCOC2)nc1. The van der Waals surface area contributed by atoms with Crippen molar-refractivity contribution in [2.24, 2.45) is 0 Å². The average molecular weight is 237 g/mol. The van der Waals surface area contributed by atoms with Crippen LogP contribution >= 0.6 is 0 Å². The molecule has 1 N–H and O–H groups in total. The molecule has 1 saturated heterocycles. The molecule has 94 valence electrons. The van der Waals surface area contributed by atoms with Crippen LogP contribution in [0.5, 0.6) is 0 Å². The van der Waals surface area contributed by atoms with E-state index < -0.39 is 0 Å². The van der Waals surface area contributed by atoms with E-state index in [9.17, 15) is 0 Å². The lowest BCUT2D eigenvalue weighted by Crippen LogP contribution is -2.15. The summed E-state index contributed by atoms with van der Waals surface area (Å²) in [5.41, 5.74) is 1.07. The van der Waals surface area contributed by atoms with Gasteiger partial charge >= 0.3 is 0 Å². The van der Waals surface area contributed by atoms with Gasteiger partial charge in [-0.1, -0.05) is 0 Å². The summed E-state index contributed by atoms with van der Waals surface area (Å²) in [7, 11) is 0. The van der Waals surface area contributed by atoms with E-state index in [0.717, 1.165) is 44.8 Å². The second-order valence-corrected chi connectivity index (χ2v) is 4.22. The molecule has 0 saturated carbocycles. The van der Waals surface area contributed by atoms with Gasteiger partial charge in [-0.15, -0.1) is 0 Å². The molecule has 0 aromatic carbocycles. The maximum Gasteiger partial charge on any atom is 0.222 e. The van der Waals surface area contributed by atoms with Crippen LogP contribution in [0, 0.1) is 6.92 Å². The third-order valence-corrected chi connectivity index (χ3v) is 2.63. The Hall–Kier alpha value is -1.20. The fraction of sp³-hybridized carbons (Fsp3) is 0.667. The Morgan fingerprint density at radius 1 is 1.47 bits per heavy atom. The molecule has 1 aliphatic rings. The van der Waals surface area contributed by atoms with Crippen molar-refractivity contribution in [3.63, 3.8) is 0 Å². The fourth-order valence-electron chi connectivity index (χ4n) is 1.65. The molecule has 5 nitrogen and oxygen atoms in total. The molecule has 2 heterocycles. The lowest BCUT2D eigenvalue weighted by molar-refractivity contribution is 0.0427. The molecule has 5 heteroatoms. The van der Waals surface area contributed by atoms with Crippen molar-refractivity contribution in [3.8, 4) is 0 Å². The van der Waals surface area contributed by atoms with Gasteiger partial charge in [0.05, 0.1) is 12.7 Å². The molecular weight excluding hydrogens is 218 g/mol. The van der Waals surface area contributed by atoms with Crippen molar-refractivity contribution < 1.29 is 9.47 Å². The minimum atomic E-state index is 0.297. The van der Waals surface area contributed by atoms with Crippen LogP contribution in [0.4, 0.5) is 5.95 Å². The Kier molecular flexibility index (Phi) is 4.70. The van der Waals surface area contributed by atoms with E-state index in [1.54, 1.807) is 0 Å². The van der Waals surface area contributed by atoms with Crippen LogP contribution < -0.4 is 5.32 Å². The molecule has 0 spiro atoms. The van der Waals surface area contributed by atoms with E-state index in [4.69, 9.17) is 9.47 Å². The van der Waals surface area contributed by atoms with Crippen LogP contribution in [0.2, 0.25) is 0 Å². The zero-order valence-corrected chi connectivity index (χ0v) is 10.2. The number of nitrogens with zero attached hydrogens (tertiary/aromatic N) is 2. The monoisotopic (exact) mass is 237 g/mol. The highest BCUT2D eigenvalue weighted by atomic mass is 16.5. The predicted molar refractivity (Wildman–Crippen MR) is 65.1 cm³/mol. The Balaban J connectivity index is 1.55. The summed E-state index contributed by atoms with van der Waals surface area (Å²) >= 11 is 0. The quantitative estimate of drug-likeness (QED) is 0.758. The molecule has 0 amide bonds. The molecule has 0 bridgehead atoms. The average Bonchev–Trinajstić information content (AvgIpc) is 2.84. The number of hydrogen-bond acceptors (Lipinski definition) is 5. The van der Waals surface area contributed by atoms with Gasteiger partial charge in [0, 0.05) is 32.2 Å². The summed E-state index contributed by atoms with van der Waals surface area (Å²) in [4.78, 5) is 8.34. The number of anilines is 1. The summed E-state index contributed by atoms with van der Waals surface area (Å²) in [5, 5.41) is 3.16. The predicted octanol–water partition coefficient (Wildman–Crippen LogP) is 1.39. The zero-order chi connectivity index (χ0) is 11.9. The Morgan fingerprint density at radius 3 is 3.00 bits per heavy atom. The molecule has 1 aliphatic heterocycles. The van der Waals surface area contributed by atoms with Crippen molar-refractivity contribution in [2.75, 3.05) is 31.7 Å². The van der Waals surface area contributed by atoms with Crippen molar-refractivity contribution in [3.05, 3.63) is 18.0 Å². The van der Waals surface area contributed by atoms with E-state index in [2.05, 4.69) is 15.3 Å². The van der Waals surface area contributed by atoms with Crippen molar-refractivity contribution in [1.82, 2.24) is 9.97 Å². The third kappa shape index (κ3) is 4.28. The van der Waals surface area contributed by atoms with Crippen LogP contribution in [-0.2, 0) is 9.47 Å². The van der Waals surface area contributed by atoms with Crippen LogP contribution in [0.1, 0.15) is 18.4 Å². The number of aryl methyl sites for hydroxylation is 1. The molecule has 2 rings (SSSR count). The number of nitrogens with one attached hydrogen (secondary N) is 1. The zero-order valence-electron chi connectivity index (χ0n) is 10.2. The molecule has 1 aromatic heterocycles. The molecule has 1 fully saturated rings. The summed E-state index contributed by atoms with van der Waals surface area (Å²) in [6.45, 7) is 5.14. The lowest BCUT2D eigenvalue weighted by Gasteiger charge is -2.09. The molecule has 1 unspecified atom stereocenters. The van der Waals surface area contributed by atoms with Gasteiger partial charge in [-0.25, -0.2) is 9.97 Å². The van der Waals surface area contributed by atoms with Gasteiger partial charge < -0.3 is 14.8 Å². The smallest absolute Gasteiger partial charge is 0.222 e. The summed E-state index contributed by atoms with van der Waals surface area (Å²) in [5.74, 6) is 0.680. The maximum absolute atomic E-state index is 5.65. The third-order valence-electron chi connectivity index (χ3n) is 2.63. The number of hydrogen-bond donors (Lipinski definition) is 1. The van der Waals surface area contributed by atoms with Crippen molar-refractivity contribution >= 4 is 5.95 Å². The van der Waals surface area contributed by atoms with Crippen molar-refractivity contribution in [1.29, 1.82) is 0 Å². The largest absolute Gasteiger partial charge is 0.379 e. The topological polar surface area (TPSA) is 56.3 Å². The van der Waals surface area contributed by atoms with Crippen LogP contribution in [-0.4, -0.2) is 42.4 Å². The first-order valence-corrected chi connectivity index (χ1v) is 6.06. The van der Waals surface area contributed by atoms with Crippen LogP contribution in [0.3, 0.4) is 0 Å². The number of ether oxygens (including phenoxy) is 2. The lowest BCUT2D eigenvalue weighted by atomic mass is 10.3. The first-order valence-electron chi connectivity index (χ1n) is 6.06. The second kappa shape index (κ2) is 6.51. The minimum Gasteiger partial charge on any atom is -0.379 e. The van der Waals surface area contributed by atoms with Gasteiger partial charge in [-0.2, -0.15) is 0 Å². The molecular formula is C12H19N3O2. The summed E-state index contributed by atoms with van der Waals surface area (Å²) < 4.78 is 10.9. The van der Waals surface area contributed by atoms with Gasteiger partial charge in [-0.05, 0) is 25.3 Å². The Bertz CT molecular complexity index is 323. The first kappa shape index (κ1) is 12.3. The molecule has 1 atom stereocenters. The normalized spacial score (nSPS) is 19.5. The highest BCUT2D eigenvalue weighted by molar-refractivity contribution is 5.23. The van der Waals surface area contributed by atoms with Gasteiger partial charge in [0.25, 0.3) is 0 Å². The van der Waals surface area contributed by atoms with Crippen LogP contribution in [0.15, 0.2) is 12.4 Å². The van der Waals surface area contributed by atoms with E-state index >= 15 is 0 Å². The van der Waals surface area contributed by atoms with Crippen molar-refractivity contribution in [2.45, 2.75) is 25.9 Å². The number of rotatable bonds is 6. The van der Waals surface area contributed by atoms with Crippen LogP contribution in [0.25, 0.3) is 0 Å². The maximum atomic E-state index is 5.65. The molecule has 1 aromatic rings. The Labute approximate surface area is 102 Å². The molecule has 0 aliphatic carbocycles. The molecule has 0 radical (unpaired) electrons. The van der Waals surface area contributed by atoms with E-state index in [0.29, 0.717) is 12.1 Å². The Morgan fingerprint density at radius 2 is 2.29 bits per heavy atom. The van der Waals surface area contributed by atoms with E-state index in [1.807, 2.05) is 19.3 Å². The highest BCUT2D eigenvalue weighted by Gasteiger charge is 2.15. The van der Waals surface area contributed by atoms with E-state index in [-0.39, 0.29) is 0 Å². The first-order chi connectivity index (χ1) is 8.34. The standard InChI is InChI=1S/C12H19N3O2/c1-10-7-14-12(15-8-10)13-4-2-5-17-11-3-6-16-9-11/h7-8,11H,2-6,9H2,1H3,(H,13,14,15). The van der Waals surface area contributed by atoms with Gasteiger partial charge in [0.1, 0.15) is 0 Å². The minimum absolute atomic E-state index is 0.297. The van der Waals surface area contributed by atoms with Gasteiger partial charge in [0.15, 0.2) is 0 Å². The van der Waals surface area contributed by atoms with Gasteiger partial charge in [-0.3, -0.25) is 0 Å². The van der Waals surface area contributed by atoms with Gasteiger partial charge in [0.2, 0.25) is 5.95 Å². The summed E-state index contributed by atoms with van der Waals surface area (Å²) in [6.07, 6.45) is 5.89. The number of aromatic nitrogens is 2. The summed E-state index contributed by atoms with van der Waals surface area (Å²) in [6, 6.07) is 0. The van der Waals surface area contributed by atoms with E-state index in [1.165, 1.54) is 0 Å².